The Morgan fingerprint density at radius 2 is 1.83 bits per heavy atom. The summed E-state index contributed by atoms with van der Waals surface area (Å²) in [5.41, 5.74) is -1.10. The number of aliphatic carboxylic acids is 1. The van der Waals surface area contributed by atoms with E-state index in [1.54, 1.807) is 6.92 Å². The van der Waals surface area contributed by atoms with Crippen LogP contribution < -0.4 is 0 Å². The number of carboxylic acids is 1. The average Bonchev–Trinajstić information content (AvgIpc) is 2.53. The first-order valence-electron chi connectivity index (χ1n) is 9.23. The SMILES string of the molecule is CC(C)N1CCN(CCC(C)(C)N2CCOC(C)(C(=O)O)C2)CC1. The molecule has 0 saturated carbocycles. The van der Waals surface area contributed by atoms with Crippen LogP contribution in [0.25, 0.3) is 0 Å². The van der Waals surface area contributed by atoms with Gasteiger partial charge in [-0.2, -0.15) is 0 Å². The van der Waals surface area contributed by atoms with Gasteiger partial charge in [0.15, 0.2) is 5.60 Å². The molecule has 0 bridgehead atoms. The third-order valence-electron chi connectivity index (χ3n) is 5.76. The Bertz CT molecular complexity index is 433. The summed E-state index contributed by atoms with van der Waals surface area (Å²) in [5, 5.41) is 9.42. The van der Waals surface area contributed by atoms with E-state index in [9.17, 15) is 9.90 Å². The highest BCUT2D eigenvalue weighted by Crippen LogP contribution is 2.27. The molecule has 0 aliphatic carbocycles. The predicted octanol–water partition coefficient (Wildman–Crippen LogP) is 1.36. The van der Waals surface area contributed by atoms with E-state index in [-0.39, 0.29) is 5.54 Å². The minimum atomic E-state index is -1.08. The molecule has 6 heteroatoms. The van der Waals surface area contributed by atoms with Crippen molar-refractivity contribution < 1.29 is 14.6 Å². The molecule has 0 spiro atoms. The molecule has 0 aromatic carbocycles. The topological polar surface area (TPSA) is 56.2 Å². The van der Waals surface area contributed by atoms with Crippen molar-refractivity contribution >= 4 is 5.97 Å². The number of nitrogens with zero attached hydrogens (tertiary/aromatic N) is 3. The molecule has 2 rings (SSSR count). The summed E-state index contributed by atoms with van der Waals surface area (Å²) >= 11 is 0. The normalized spacial score (nSPS) is 28.4. The number of piperazine rings is 1. The molecule has 0 aromatic heterocycles. The van der Waals surface area contributed by atoms with Gasteiger partial charge in [-0.15, -0.1) is 0 Å². The van der Waals surface area contributed by atoms with E-state index < -0.39 is 11.6 Å². The Morgan fingerprint density at radius 3 is 2.38 bits per heavy atom. The molecule has 1 unspecified atom stereocenters. The highest BCUT2D eigenvalue weighted by molar-refractivity contribution is 5.77. The maximum Gasteiger partial charge on any atom is 0.337 e. The van der Waals surface area contributed by atoms with Crippen LogP contribution >= 0.6 is 0 Å². The highest BCUT2D eigenvalue weighted by atomic mass is 16.5. The van der Waals surface area contributed by atoms with Crippen molar-refractivity contribution in [2.45, 2.75) is 58.2 Å². The molecule has 0 radical (unpaired) electrons. The fourth-order valence-electron chi connectivity index (χ4n) is 3.61. The number of carbonyl (C=O) groups is 1. The number of rotatable bonds is 6. The van der Waals surface area contributed by atoms with Gasteiger partial charge in [-0.05, 0) is 47.6 Å². The Morgan fingerprint density at radius 1 is 1.21 bits per heavy atom. The Kier molecular flexibility index (Phi) is 6.29. The first-order valence-corrected chi connectivity index (χ1v) is 9.23. The number of morpholine rings is 1. The lowest BCUT2D eigenvalue weighted by Gasteiger charge is -2.47. The van der Waals surface area contributed by atoms with Gasteiger partial charge in [0, 0.05) is 50.8 Å². The van der Waals surface area contributed by atoms with Gasteiger partial charge >= 0.3 is 5.97 Å². The molecule has 1 N–H and O–H groups in total. The molecule has 6 nitrogen and oxygen atoms in total. The molecule has 2 aliphatic rings. The molecular formula is C18H35N3O3. The number of ether oxygens (including phenoxy) is 1. The average molecular weight is 341 g/mol. The molecular weight excluding hydrogens is 306 g/mol. The van der Waals surface area contributed by atoms with Crippen LogP contribution in [-0.4, -0.2) is 95.4 Å². The first-order chi connectivity index (χ1) is 11.1. The Hall–Kier alpha value is -0.690. The van der Waals surface area contributed by atoms with Crippen LogP contribution in [0.4, 0.5) is 0 Å². The quantitative estimate of drug-likeness (QED) is 0.787. The van der Waals surface area contributed by atoms with Gasteiger partial charge in [-0.1, -0.05) is 0 Å². The second-order valence-electron chi connectivity index (χ2n) is 8.34. The van der Waals surface area contributed by atoms with E-state index >= 15 is 0 Å². The zero-order valence-corrected chi connectivity index (χ0v) is 16.0. The van der Waals surface area contributed by atoms with Crippen molar-refractivity contribution in [3.63, 3.8) is 0 Å². The third-order valence-corrected chi connectivity index (χ3v) is 5.76. The molecule has 2 heterocycles. The zero-order valence-electron chi connectivity index (χ0n) is 16.0. The molecule has 2 saturated heterocycles. The lowest BCUT2D eigenvalue weighted by atomic mass is 9.93. The fraction of sp³-hybridized carbons (Fsp3) is 0.944. The number of carboxylic acid groups (broad SMARTS) is 1. The predicted molar refractivity (Wildman–Crippen MR) is 95.4 cm³/mol. The highest BCUT2D eigenvalue weighted by Gasteiger charge is 2.43. The summed E-state index contributed by atoms with van der Waals surface area (Å²) in [5.74, 6) is -0.868. The monoisotopic (exact) mass is 341 g/mol. The van der Waals surface area contributed by atoms with Crippen LogP contribution in [0, 0.1) is 0 Å². The van der Waals surface area contributed by atoms with Gasteiger partial charge in [-0.3, -0.25) is 9.80 Å². The number of hydrogen-bond acceptors (Lipinski definition) is 5. The van der Waals surface area contributed by atoms with Crippen molar-refractivity contribution in [2.75, 3.05) is 52.4 Å². The largest absolute Gasteiger partial charge is 0.479 e. The van der Waals surface area contributed by atoms with E-state index in [0.717, 1.165) is 45.7 Å². The lowest BCUT2D eigenvalue weighted by Crippen LogP contribution is -2.60. The van der Waals surface area contributed by atoms with Crippen LogP contribution in [0.3, 0.4) is 0 Å². The molecule has 0 aromatic rings. The van der Waals surface area contributed by atoms with Gasteiger partial charge in [0.2, 0.25) is 0 Å². The van der Waals surface area contributed by atoms with Gasteiger partial charge < -0.3 is 14.7 Å². The lowest BCUT2D eigenvalue weighted by molar-refractivity contribution is -0.179. The standard InChI is InChI=1S/C18H35N3O3/c1-15(2)20-10-8-19(9-11-20)7-6-17(3,4)21-12-13-24-18(5,14-21)16(22)23/h15H,6-14H2,1-5H3,(H,22,23). The number of hydrogen-bond donors (Lipinski definition) is 1. The molecule has 140 valence electrons. The van der Waals surface area contributed by atoms with Gasteiger partial charge in [0.25, 0.3) is 0 Å². The molecule has 0 amide bonds. The summed E-state index contributed by atoms with van der Waals surface area (Å²) < 4.78 is 5.52. The summed E-state index contributed by atoms with van der Waals surface area (Å²) in [6.07, 6.45) is 1.05. The van der Waals surface area contributed by atoms with Crippen molar-refractivity contribution in [2.24, 2.45) is 0 Å². The minimum absolute atomic E-state index is 0.0182. The maximum absolute atomic E-state index is 11.5. The second kappa shape index (κ2) is 7.68. The summed E-state index contributed by atoms with van der Waals surface area (Å²) in [4.78, 5) is 18.8. The van der Waals surface area contributed by atoms with Crippen molar-refractivity contribution in [1.29, 1.82) is 0 Å². The van der Waals surface area contributed by atoms with E-state index in [1.807, 2.05) is 0 Å². The van der Waals surface area contributed by atoms with Crippen molar-refractivity contribution in [1.82, 2.24) is 14.7 Å². The van der Waals surface area contributed by atoms with Gasteiger partial charge in [0.1, 0.15) is 0 Å². The smallest absolute Gasteiger partial charge is 0.337 e. The van der Waals surface area contributed by atoms with E-state index in [4.69, 9.17) is 4.74 Å². The molecule has 2 aliphatic heterocycles. The second-order valence-corrected chi connectivity index (χ2v) is 8.34. The zero-order chi connectivity index (χ0) is 18.0. The van der Waals surface area contributed by atoms with Crippen LogP contribution in [0.1, 0.15) is 41.0 Å². The fourth-order valence-corrected chi connectivity index (χ4v) is 3.61. The maximum atomic E-state index is 11.5. The van der Waals surface area contributed by atoms with Crippen molar-refractivity contribution in [3.8, 4) is 0 Å². The molecule has 24 heavy (non-hydrogen) atoms. The van der Waals surface area contributed by atoms with Gasteiger partial charge in [-0.25, -0.2) is 4.79 Å². The van der Waals surface area contributed by atoms with Crippen LogP contribution in [0.5, 0.6) is 0 Å². The van der Waals surface area contributed by atoms with E-state index in [0.29, 0.717) is 19.2 Å². The summed E-state index contributed by atoms with van der Waals surface area (Å²) in [6.45, 7) is 18.0. The first kappa shape index (κ1) is 19.6. The van der Waals surface area contributed by atoms with Crippen LogP contribution in [-0.2, 0) is 9.53 Å². The van der Waals surface area contributed by atoms with Crippen LogP contribution in [0.15, 0.2) is 0 Å². The van der Waals surface area contributed by atoms with E-state index in [1.165, 1.54) is 0 Å². The summed E-state index contributed by atoms with van der Waals surface area (Å²) in [6, 6.07) is 0.630. The molecule has 2 fully saturated rings. The third kappa shape index (κ3) is 4.69. The Balaban J connectivity index is 1.84. The van der Waals surface area contributed by atoms with Crippen molar-refractivity contribution in [3.05, 3.63) is 0 Å². The molecule has 1 atom stereocenters. The van der Waals surface area contributed by atoms with Gasteiger partial charge in [0.05, 0.1) is 6.61 Å². The summed E-state index contributed by atoms with van der Waals surface area (Å²) in [7, 11) is 0. The Labute approximate surface area is 146 Å². The van der Waals surface area contributed by atoms with Crippen LogP contribution in [0.2, 0.25) is 0 Å². The van der Waals surface area contributed by atoms with E-state index in [2.05, 4.69) is 42.4 Å². The minimum Gasteiger partial charge on any atom is -0.479 e.